The molecule has 2 heterocycles. The third-order valence-electron chi connectivity index (χ3n) is 4.75. The van der Waals surface area contributed by atoms with E-state index in [2.05, 4.69) is 31.4 Å². The maximum Gasteiger partial charge on any atom is 0.262 e. The molecule has 0 aliphatic carbocycles. The molecule has 0 fully saturated rings. The van der Waals surface area contributed by atoms with Crippen LogP contribution in [-0.2, 0) is 11.3 Å². The van der Waals surface area contributed by atoms with Gasteiger partial charge in [0.2, 0.25) is 0 Å². The molecule has 168 valence electrons. The third-order valence-corrected chi connectivity index (χ3v) is 6.43. The van der Waals surface area contributed by atoms with Gasteiger partial charge in [-0.1, -0.05) is 30.3 Å². The fourth-order valence-electron chi connectivity index (χ4n) is 3.20. The zero-order chi connectivity index (χ0) is 23.4. The van der Waals surface area contributed by atoms with E-state index in [-0.39, 0.29) is 12.1 Å². The van der Waals surface area contributed by atoms with Crippen molar-refractivity contribution >= 4 is 49.6 Å². The van der Waals surface area contributed by atoms with Crippen LogP contribution in [0.4, 0.5) is 0 Å². The van der Waals surface area contributed by atoms with E-state index in [4.69, 9.17) is 9.47 Å². The Balaban J connectivity index is 1.47. The van der Waals surface area contributed by atoms with Crippen molar-refractivity contribution in [3.05, 3.63) is 75.2 Å². The lowest BCUT2D eigenvalue weighted by molar-refractivity contribution is -0.121. The minimum absolute atomic E-state index is 0.203. The number of hydrogen-bond donors (Lipinski definition) is 1. The number of benzene rings is 2. The monoisotopic (exact) mass is 526 g/mol. The number of rotatable bonds is 7. The fourth-order valence-corrected chi connectivity index (χ4v) is 4.82. The molecule has 4 rings (SSSR count). The van der Waals surface area contributed by atoms with E-state index in [9.17, 15) is 9.59 Å². The second kappa shape index (κ2) is 9.97. The van der Waals surface area contributed by atoms with Crippen LogP contribution in [0.1, 0.15) is 5.56 Å². The first-order chi connectivity index (χ1) is 16.0. The van der Waals surface area contributed by atoms with Crippen molar-refractivity contribution in [3.8, 4) is 21.9 Å². The van der Waals surface area contributed by atoms with Gasteiger partial charge in [0.15, 0.2) is 11.5 Å². The highest BCUT2D eigenvalue weighted by Gasteiger charge is 2.13. The molecule has 0 spiro atoms. The summed E-state index contributed by atoms with van der Waals surface area (Å²) in [5.74, 6) is 0.633. The Morgan fingerprint density at radius 1 is 1.21 bits per heavy atom. The number of carbonyl (C=O) groups is 1. The maximum atomic E-state index is 12.9. The standard InChI is InChI=1S/C23H19BrN4O4S/c1-31-18-9-14(8-17(24)21(18)32-2)11-26-27-20(29)12-28-13-25-22-16(23(28)30)10-19(33-22)15-6-4-3-5-7-15/h3-11,13H,12H2,1-2H3,(H,27,29). The molecule has 0 aliphatic heterocycles. The van der Waals surface area contributed by atoms with Crippen LogP contribution in [-0.4, -0.2) is 35.9 Å². The summed E-state index contributed by atoms with van der Waals surface area (Å²) in [6, 6.07) is 15.1. The Morgan fingerprint density at radius 2 is 2.00 bits per heavy atom. The first-order valence-electron chi connectivity index (χ1n) is 9.78. The smallest absolute Gasteiger partial charge is 0.262 e. The van der Waals surface area contributed by atoms with E-state index in [0.717, 1.165) is 10.4 Å². The minimum Gasteiger partial charge on any atom is -0.493 e. The summed E-state index contributed by atoms with van der Waals surface area (Å²) >= 11 is 4.85. The highest BCUT2D eigenvalue weighted by molar-refractivity contribution is 9.10. The molecule has 4 aromatic rings. The number of aromatic nitrogens is 2. The summed E-state index contributed by atoms with van der Waals surface area (Å²) in [6.45, 7) is -0.203. The Labute approximate surface area is 201 Å². The predicted molar refractivity (Wildman–Crippen MR) is 132 cm³/mol. The maximum absolute atomic E-state index is 12.9. The molecule has 0 saturated carbocycles. The number of ether oxygens (including phenoxy) is 2. The van der Waals surface area contributed by atoms with Crippen LogP contribution in [0, 0.1) is 0 Å². The van der Waals surface area contributed by atoms with Crippen molar-refractivity contribution in [2.75, 3.05) is 14.2 Å². The lowest BCUT2D eigenvalue weighted by Crippen LogP contribution is -2.29. The van der Waals surface area contributed by atoms with E-state index in [1.165, 1.54) is 35.6 Å². The van der Waals surface area contributed by atoms with Crippen molar-refractivity contribution in [3.63, 3.8) is 0 Å². The van der Waals surface area contributed by atoms with Crippen molar-refractivity contribution in [2.24, 2.45) is 5.10 Å². The lowest BCUT2D eigenvalue weighted by atomic mass is 10.2. The Hall–Kier alpha value is -3.50. The van der Waals surface area contributed by atoms with E-state index in [1.807, 2.05) is 36.4 Å². The van der Waals surface area contributed by atoms with Gasteiger partial charge in [-0.2, -0.15) is 5.10 Å². The fraction of sp³-hybridized carbons (Fsp3) is 0.130. The molecule has 2 aromatic heterocycles. The van der Waals surface area contributed by atoms with Crippen molar-refractivity contribution in [1.82, 2.24) is 15.0 Å². The lowest BCUT2D eigenvalue weighted by Gasteiger charge is -2.10. The van der Waals surface area contributed by atoms with Gasteiger partial charge in [0, 0.05) is 4.88 Å². The van der Waals surface area contributed by atoms with Gasteiger partial charge in [-0.25, -0.2) is 10.4 Å². The summed E-state index contributed by atoms with van der Waals surface area (Å²) in [5.41, 5.74) is 3.85. The number of hydrazone groups is 1. The van der Waals surface area contributed by atoms with E-state index >= 15 is 0 Å². The number of methoxy groups -OCH3 is 2. The molecule has 0 bridgehead atoms. The van der Waals surface area contributed by atoms with Crippen molar-refractivity contribution in [2.45, 2.75) is 6.54 Å². The van der Waals surface area contributed by atoms with Gasteiger partial charge in [-0.15, -0.1) is 11.3 Å². The number of nitrogens with one attached hydrogen (secondary N) is 1. The highest BCUT2D eigenvalue weighted by atomic mass is 79.9. The van der Waals surface area contributed by atoms with E-state index < -0.39 is 5.91 Å². The molecular weight excluding hydrogens is 508 g/mol. The molecule has 10 heteroatoms. The molecular formula is C23H19BrN4O4S. The van der Waals surface area contributed by atoms with Crippen LogP contribution in [0.3, 0.4) is 0 Å². The molecule has 1 N–H and O–H groups in total. The Bertz CT molecular complexity index is 1400. The van der Waals surface area contributed by atoms with Crippen LogP contribution < -0.4 is 20.5 Å². The molecule has 0 aliphatic rings. The molecule has 1 amide bonds. The predicted octanol–water partition coefficient (Wildman–Crippen LogP) is 4.06. The Morgan fingerprint density at radius 3 is 2.73 bits per heavy atom. The summed E-state index contributed by atoms with van der Waals surface area (Å²) in [4.78, 5) is 31.1. The topological polar surface area (TPSA) is 94.8 Å². The molecule has 0 radical (unpaired) electrons. The average molecular weight is 527 g/mol. The first kappa shape index (κ1) is 22.7. The molecule has 0 saturated heterocycles. The van der Waals surface area contributed by atoms with Crippen LogP contribution >= 0.6 is 27.3 Å². The van der Waals surface area contributed by atoms with Crippen LogP contribution in [0.5, 0.6) is 11.5 Å². The highest BCUT2D eigenvalue weighted by Crippen LogP contribution is 2.35. The first-order valence-corrected chi connectivity index (χ1v) is 11.4. The normalized spacial score (nSPS) is 11.1. The average Bonchev–Trinajstić information content (AvgIpc) is 3.26. The second-order valence-corrected chi connectivity index (χ2v) is 8.79. The largest absolute Gasteiger partial charge is 0.493 e. The van der Waals surface area contributed by atoms with Crippen LogP contribution in [0.25, 0.3) is 20.7 Å². The van der Waals surface area contributed by atoms with Gasteiger partial charge in [0.1, 0.15) is 11.4 Å². The van der Waals surface area contributed by atoms with Gasteiger partial charge in [0.05, 0.1) is 36.6 Å². The molecule has 2 aromatic carbocycles. The SMILES string of the molecule is COc1cc(C=NNC(=O)Cn2cnc3sc(-c4ccccc4)cc3c2=O)cc(Br)c1OC. The van der Waals surface area contributed by atoms with Gasteiger partial charge >= 0.3 is 0 Å². The van der Waals surface area contributed by atoms with Gasteiger partial charge < -0.3 is 9.47 Å². The number of hydrogen-bond acceptors (Lipinski definition) is 7. The van der Waals surface area contributed by atoms with Crippen molar-refractivity contribution in [1.29, 1.82) is 0 Å². The number of fused-ring (bicyclic) bond motifs is 1. The number of halogens is 1. The molecule has 33 heavy (non-hydrogen) atoms. The Kier molecular flexibility index (Phi) is 6.85. The minimum atomic E-state index is -0.451. The van der Waals surface area contributed by atoms with E-state index in [1.54, 1.807) is 19.2 Å². The molecule has 8 nitrogen and oxygen atoms in total. The second-order valence-electron chi connectivity index (χ2n) is 6.90. The van der Waals surface area contributed by atoms with Crippen LogP contribution in [0.2, 0.25) is 0 Å². The quantitative estimate of drug-likeness (QED) is 0.289. The van der Waals surface area contributed by atoms with Crippen molar-refractivity contribution < 1.29 is 14.3 Å². The summed E-state index contributed by atoms with van der Waals surface area (Å²) < 4.78 is 12.5. The zero-order valence-corrected chi connectivity index (χ0v) is 20.1. The summed E-state index contributed by atoms with van der Waals surface area (Å²) in [6.07, 6.45) is 2.85. The van der Waals surface area contributed by atoms with E-state index in [0.29, 0.717) is 31.8 Å². The van der Waals surface area contributed by atoms with Gasteiger partial charge in [0.25, 0.3) is 11.5 Å². The summed E-state index contributed by atoms with van der Waals surface area (Å²) in [5, 5.41) is 4.45. The molecule has 0 atom stereocenters. The number of carbonyl (C=O) groups excluding carboxylic acids is 1. The van der Waals surface area contributed by atoms with Crippen LogP contribution in [0.15, 0.2) is 69.2 Å². The number of nitrogens with zero attached hydrogens (tertiary/aromatic N) is 3. The van der Waals surface area contributed by atoms with Gasteiger partial charge in [-0.05, 0) is 45.3 Å². The number of amides is 1. The summed E-state index contributed by atoms with van der Waals surface area (Å²) in [7, 11) is 3.08. The number of thiophene rings is 1. The molecule has 0 unspecified atom stereocenters. The van der Waals surface area contributed by atoms with Gasteiger partial charge in [-0.3, -0.25) is 14.2 Å². The third kappa shape index (κ3) is 4.96. The zero-order valence-electron chi connectivity index (χ0n) is 17.7.